The average molecular weight is 295 g/mol. The summed E-state index contributed by atoms with van der Waals surface area (Å²) in [6.45, 7) is 8.79. The van der Waals surface area contributed by atoms with Crippen LogP contribution in [-0.4, -0.2) is 21.8 Å². The van der Waals surface area contributed by atoms with E-state index in [1.165, 1.54) is 38.5 Å². The molecule has 3 unspecified atom stereocenters. The lowest BCUT2D eigenvalue weighted by atomic mass is 9.82. The van der Waals surface area contributed by atoms with Crippen LogP contribution in [0.5, 0.6) is 0 Å². The number of unbranched alkanes of at least 4 members (excludes halogenated alkanes) is 1. The molecule has 1 saturated carbocycles. The Bertz CT molecular complexity index is 371. The summed E-state index contributed by atoms with van der Waals surface area (Å²) in [6.07, 6.45) is 12.5. The molecule has 3 rings (SSSR count). The Balaban J connectivity index is 1.63. The number of hydrogen-bond donors (Lipinski definition) is 0. The van der Waals surface area contributed by atoms with Crippen LogP contribution in [-0.2, 0) is 8.85 Å². The highest BCUT2D eigenvalue weighted by molar-refractivity contribution is 6.68. The third-order valence-corrected chi connectivity index (χ3v) is 9.54. The van der Waals surface area contributed by atoms with Crippen LogP contribution < -0.4 is 0 Å². The molecule has 3 heteroatoms. The van der Waals surface area contributed by atoms with Crippen molar-refractivity contribution in [1.29, 1.82) is 0 Å². The van der Waals surface area contributed by atoms with Gasteiger partial charge in [0.2, 0.25) is 0 Å². The zero-order valence-corrected chi connectivity index (χ0v) is 14.4. The van der Waals surface area contributed by atoms with E-state index >= 15 is 0 Å². The van der Waals surface area contributed by atoms with Gasteiger partial charge >= 0.3 is 8.56 Å². The van der Waals surface area contributed by atoms with Crippen molar-refractivity contribution in [3.8, 4) is 0 Å². The van der Waals surface area contributed by atoms with Crippen LogP contribution in [0.3, 0.4) is 0 Å². The largest absolute Gasteiger partial charge is 0.394 e. The molecule has 114 valence electrons. The monoisotopic (exact) mass is 294 g/mol. The number of rotatable bonds is 5. The third kappa shape index (κ3) is 2.53. The van der Waals surface area contributed by atoms with Crippen LogP contribution in [0.2, 0.25) is 12.1 Å². The molecule has 20 heavy (non-hydrogen) atoms. The summed E-state index contributed by atoms with van der Waals surface area (Å²) in [4.78, 5) is 0. The van der Waals surface area contributed by atoms with E-state index in [-0.39, 0.29) is 0 Å². The van der Waals surface area contributed by atoms with Crippen molar-refractivity contribution in [3.05, 3.63) is 12.2 Å². The first-order chi connectivity index (χ1) is 9.61. The molecule has 2 aliphatic carbocycles. The van der Waals surface area contributed by atoms with E-state index in [2.05, 4.69) is 32.5 Å². The average Bonchev–Trinajstić information content (AvgIpc) is 3.10. The Hall–Kier alpha value is -0.123. The van der Waals surface area contributed by atoms with E-state index in [4.69, 9.17) is 8.85 Å². The lowest BCUT2D eigenvalue weighted by Gasteiger charge is -2.47. The third-order valence-electron chi connectivity index (χ3n) is 6.09. The minimum absolute atomic E-state index is 0.302. The molecule has 1 saturated heterocycles. The van der Waals surface area contributed by atoms with Crippen LogP contribution in [0.4, 0.5) is 0 Å². The summed E-state index contributed by atoms with van der Waals surface area (Å²) in [5.41, 5.74) is 1.01. The fourth-order valence-electron chi connectivity index (χ4n) is 4.35. The summed E-state index contributed by atoms with van der Waals surface area (Å²) in [6, 6.07) is 0. The van der Waals surface area contributed by atoms with Crippen molar-refractivity contribution in [3.63, 3.8) is 0 Å². The van der Waals surface area contributed by atoms with Gasteiger partial charge < -0.3 is 8.85 Å². The molecule has 3 atom stereocenters. The van der Waals surface area contributed by atoms with E-state index in [9.17, 15) is 0 Å². The second-order valence-corrected chi connectivity index (χ2v) is 10.8. The molecule has 2 nitrogen and oxygen atoms in total. The zero-order valence-electron chi connectivity index (χ0n) is 13.4. The maximum atomic E-state index is 6.49. The van der Waals surface area contributed by atoms with E-state index in [1.54, 1.807) is 0 Å². The first-order valence-corrected chi connectivity index (χ1v) is 11.0. The molecule has 0 amide bonds. The first kappa shape index (κ1) is 14.8. The van der Waals surface area contributed by atoms with Crippen LogP contribution in [0, 0.1) is 17.3 Å². The van der Waals surface area contributed by atoms with Gasteiger partial charge in [-0.3, -0.25) is 0 Å². The number of allylic oxidation sites excluding steroid dienone is 2. The minimum atomic E-state index is -1.95. The Morgan fingerprint density at radius 1 is 1.15 bits per heavy atom. The molecular weight excluding hydrogens is 264 g/mol. The lowest BCUT2D eigenvalue weighted by Crippen LogP contribution is -2.55. The highest BCUT2D eigenvalue weighted by atomic mass is 28.4. The molecular formula is C17H30O2Si. The van der Waals surface area contributed by atoms with E-state index in [0.717, 1.165) is 25.0 Å². The predicted molar refractivity (Wildman–Crippen MR) is 84.9 cm³/mol. The molecule has 0 aromatic rings. The van der Waals surface area contributed by atoms with E-state index in [1.807, 2.05) is 0 Å². The van der Waals surface area contributed by atoms with Crippen molar-refractivity contribution in [1.82, 2.24) is 0 Å². The van der Waals surface area contributed by atoms with Gasteiger partial charge in [0.1, 0.15) is 0 Å². The smallest absolute Gasteiger partial charge is 0.338 e. The highest BCUT2D eigenvalue weighted by Gasteiger charge is 2.54. The summed E-state index contributed by atoms with van der Waals surface area (Å²) < 4.78 is 13.0. The van der Waals surface area contributed by atoms with Gasteiger partial charge in [-0.2, -0.15) is 0 Å². The van der Waals surface area contributed by atoms with Gasteiger partial charge in [-0.05, 0) is 44.1 Å². The molecule has 0 aromatic carbocycles. The van der Waals surface area contributed by atoms with Crippen molar-refractivity contribution < 1.29 is 8.85 Å². The molecule has 3 aliphatic rings. The number of fused-ring (bicyclic) bond motifs is 2. The number of hydrogen-bond acceptors (Lipinski definition) is 2. The fraction of sp³-hybridized carbons (Fsp3) is 0.882. The quantitative estimate of drug-likeness (QED) is 0.542. The lowest BCUT2D eigenvalue weighted by molar-refractivity contribution is -0.0222. The van der Waals surface area contributed by atoms with E-state index in [0.29, 0.717) is 11.0 Å². The summed E-state index contributed by atoms with van der Waals surface area (Å²) >= 11 is 0. The van der Waals surface area contributed by atoms with Crippen molar-refractivity contribution >= 4 is 8.56 Å². The Morgan fingerprint density at radius 2 is 1.90 bits per heavy atom. The Kier molecular flexibility index (Phi) is 4.13. The SMILES string of the molecule is CCCCC1(CC)CO[Si](C)(C2CC3C=CC2C3)OC1. The molecule has 1 aliphatic heterocycles. The Labute approximate surface area is 125 Å². The summed E-state index contributed by atoms with van der Waals surface area (Å²) in [5.74, 6) is 1.57. The minimum Gasteiger partial charge on any atom is -0.394 e. The topological polar surface area (TPSA) is 18.5 Å². The van der Waals surface area contributed by atoms with Gasteiger partial charge in [-0.1, -0.05) is 38.8 Å². The summed E-state index contributed by atoms with van der Waals surface area (Å²) in [7, 11) is -1.95. The van der Waals surface area contributed by atoms with Gasteiger partial charge in [-0.15, -0.1) is 0 Å². The van der Waals surface area contributed by atoms with Gasteiger partial charge in [0, 0.05) is 24.2 Å². The van der Waals surface area contributed by atoms with Gasteiger partial charge in [0.25, 0.3) is 0 Å². The van der Waals surface area contributed by atoms with Crippen LogP contribution >= 0.6 is 0 Å². The molecule has 0 N–H and O–H groups in total. The van der Waals surface area contributed by atoms with E-state index < -0.39 is 8.56 Å². The van der Waals surface area contributed by atoms with Crippen molar-refractivity contribution in [2.75, 3.05) is 13.2 Å². The molecule has 0 spiro atoms. The molecule has 0 aromatic heterocycles. The second-order valence-electron chi connectivity index (χ2n) is 7.44. The summed E-state index contributed by atoms with van der Waals surface area (Å²) in [5, 5.41) is 0. The highest BCUT2D eigenvalue weighted by Crippen LogP contribution is 2.53. The molecule has 2 fully saturated rings. The molecule has 1 heterocycles. The van der Waals surface area contributed by atoms with Crippen LogP contribution in [0.1, 0.15) is 52.4 Å². The second kappa shape index (κ2) is 5.58. The maximum Gasteiger partial charge on any atom is 0.338 e. The first-order valence-electron chi connectivity index (χ1n) is 8.57. The normalized spacial score (nSPS) is 47.0. The standard InChI is InChI=1S/C17H30O2Si/c1-4-6-9-17(5-2)12-18-20(3,19-13-17)16-11-14-7-8-15(16)10-14/h7-8,14-16H,4-6,9-13H2,1-3H3. The predicted octanol–water partition coefficient (Wildman–Crippen LogP) is 4.66. The molecule has 0 radical (unpaired) electrons. The van der Waals surface area contributed by atoms with Crippen LogP contribution in [0.25, 0.3) is 0 Å². The maximum absolute atomic E-state index is 6.49. The zero-order chi connectivity index (χ0) is 14.2. The molecule has 2 bridgehead atoms. The van der Waals surface area contributed by atoms with Gasteiger partial charge in [0.05, 0.1) is 0 Å². The van der Waals surface area contributed by atoms with Gasteiger partial charge in [-0.25, -0.2) is 0 Å². The Morgan fingerprint density at radius 3 is 2.40 bits per heavy atom. The van der Waals surface area contributed by atoms with Crippen LogP contribution in [0.15, 0.2) is 12.2 Å². The van der Waals surface area contributed by atoms with Crippen molar-refractivity contribution in [2.24, 2.45) is 17.3 Å². The van der Waals surface area contributed by atoms with Crippen molar-refractivity contribution in [2.45, 2.75) is 64.5 Å². The fourth-order valence-corrected chi connectivity index (χ4v) is 7.80. The van der Waals surface area contributed by atoms with Gasteiger partial charge in [0.15, 0.2) is 0 Å².